The van der Waals surface area contributed by atoms with Crippen LogP contribution in [0.1, 0.15) is 25.3 Å². The molecule has 0 amide bonds. The van der Waals surface area contributed by atoms with Crippen molar-refractivity contribution < 1.29 is 4.39 Å². The van der Waals surface area contributed by atoms with Gasteiger partial charge in [-0.1, -0.05) is 24.8 Å². The Labute approximate surface area is 167 Å². The van der Waals surface area contributed by atoms with Crippen molar-refractivity contribution in [2.75, 3.05) is 0 Å². The van der Waals surface area contributed by atoms with Crippen molar-refractivity contribution in [3.8, 4) is 11.3 Å². The highest BCUT2D eigenvalue weighted by Crippen LogP contribution is 2.31. The van der Waals surface area contributed by atoms with Gasteiger partial charge in [-0.05, 0) is 56.0 Å². The molecule has 0 radical (unpaired) electrons. The van der Waals surface area contributed by atoms with Crippen LogP contribution in [-0.4, -0.2) is 20.6 Å². The summed E-state index contributed by atoms with van der Waals surface area (Å²) in [4.78, 5) is 19.2. The number of allylic oxidation sites excluding steroid dienone is 2. The Morgan fingerprint density at radius 2 is 2.21 bits per heavy atom. The molecule has 0 aliphatic carbocycles. The first kappa shape index (κ1) is 20.0. The molecule has 5 nitrogen and oxygen atoms in total. The SMILES string of the molecule is C=CC(=C)n1cc2cc(-c3cc(CCC[C@H](C)N)cc(Cl)c3F)[nH]c2nc1=O. The van der Waals surface area contributed by atoms with Gasteiger partial charge in [-0.25, -0.2) is 9.18 Å². The molecule has 146 valence electrons. The quantitative estimate of drug-likeness (QED) is 0.573. The summed E-state index contributed by atoms with van der Waals surface area (Å²) in [5.41, 5.74) is 7.83. The third-order valence-electron chi connectivity index (χ3n) is 4.56. The highest BCUT2D eigenvalue weighted by molar-refractivity contribution is 6.31. The second-order valence-corrected chi connectivity index (χ2v) is 7.29. The van der Waals surface area contributed by atoms with E-state index in [9.17, 15) is 9.18 Å². The van der Waals surface area contributed by atoms with Gasteiger partial charge in [0.2, 0.25) is 0 Å². The summed E-state index contributed by atoms with van der Waals surface area (Å²) in [5.74, 6) is -0.519. The molecule has 7 heteroatoms. The molecule has 0 spiro atoms. The molecule has 28 heavy (non-hydrogen) atoms. The van der Waals surface area contributed by atoms with Gasteiger partial charge in [-0.3, -0.25) is 4.57 Å². The minimum Gasteiger partial charge on any atom is -0.339 e. The number of hydrogen-bond acceptors (Lipinski definition) is 3. The van der Waals surface area contributed by atoms with Gasteiger partial charge in [-0.2, -0.15) is 4.98 Å². The van der Waals surface area contributed by atoms with Crippen molar-refractivity contribution >= 4 is 28.3 Å². The fourth-order valence-corrected chi connectivity index (χ4v) is 3.30. The van der Waals surface area contributed by atoms with Crippen molar-refractivity contribution in [2.45, 2.75) is 32.2 Å². The number of rotatable bonds is 7. The normalized spacial score (nSPS) is 12.3. The molecule has 0 aliphatic heterocycles. The van der Waals surface area contributed by atoms with Crippen LogP contribution in [0.3, 0.4) is 0 Å². The van der Waals surface area contributed by atoms with E-state index in [4.69, 9.17) is 17.3 Å². The van der Waals surface area contributed by atoms with Gasteiger partial charge in [0.15, 0.2) is 5.82 Å². The lowest BCUT2D eigenvalue weighted by atomic mass is 10.0. The number of halogens is 2. The second-order valence-electron chi connectivity index (χ2n) is 6.88. The number of aromatic nitrogens is 3. The average Bonchev–Trinajstić information content (AvgIpc) is 3.05. The van der Waals surface area contributed by atoms with Gasteiger partial charge in [-0.15, -0.1) is 0 Å². The molecule has 3 aromatic rings. The molecule has 0 aliphatic rings. The van der Waals surface area contributed by atoms with Gasteiger partial charge in [0.05, 0.1) is 10.7 Å². The van der Waals surface area contributed by atoms with Crippen molar-refractivity contribution in [1.82, 2.24) is 14.5 Å². The third kappa shape index (κ3) is 4.08. The Kier molecular flexibility index (Phi) is 5.82. The number of nitrogens with two attached hydrogens (primary N) is 1. The largest absolute Gasteiger partial charge is 0.354 e. The lowest BCUT2D eigenvalue weighted by molar-refractivity contribution is 0.618. The number of aryl methyl sites for hydroxylation is 1. The minimum absolute atomic E-state index is 0.0551. The van der Waals surface area contributed by atoms with Crippen LogP contribution in [0, 0.1) is 5.82 Å². The van der Waals surface area contributed by atoms with Crippen LogP contribution in [0.15, 0.2) is 48.4 Å². The molecule has 0 saturated heterocycles. The molecule has 0 unspecified atom stereocenters. The molecule has 3 rings (SSSR count). The molecule has 0 saturated carbocycles. The van der Waals surface area contributed by atoms with E-state index in [1.165, 1.54) is 10.6 Å². The summed E-state index contributed by atoms with van der Waals surface area (Å²) in [6, 6.07) is 5.26. The molecule has 1 aromatic carbocycles. The maximum Gasteiger partial charge on any atom is 0.354 e. The molecular weight excluding hydrogens is 379 g/mol. The van der Waals surface area contributed by atoms with E-state index in [-0.39, 0.29) is 11.1 Å². The van der Waals surface area contributed by atoms with Crippen molar-refractivity contribution in [3.05, 3.63) is 70.5 Å². The first-order valence-electron chi connectivity index (χ1n) is 8.98. The zero-order valence-corrected chi connectivity index (χ0v) is 16.4. The zero-order valence-electron chi connectivity index (χ0n) is 15.6. The lowest BCUT2D eigenvalue weighted by Crippen LogP contribution is -2.20. The average molecular weight is 401 g/mol. The molecule has 1 atom stereocenters. The topological polar surface area (TPSA) is 76.7 Å². The van der Waals surface area contributed by atoms with E-state index in [0.29, 0.717) is 28.0 Å². The van der Waals surface area contributed by atoms with Crippen LogP contribution in [0.2, 0.25) is 5.02 Å². The minimum atomic E-state index is -0.519. The Hall–Kier alpha value is -2.70. The number of fused-ring (bicyclic) bond motifs is 1. The Balaban J connectivity index is 2.03. The number of nitrogens with one attached hydrogen (secondary N) is 1. The van der Waals surface area contributed by atoms with Crippen LogP contribution in [0.25, 0.3) is 28.0 Å². The number of H-pyrrole nitrogens is 1. The molecule has 2 aromatic heterocycles. The molecular formula is C21H22ClFN4O. The maximum absolute atomic E-state index is 14.7. The summed E-state index contributed by atoms with van der Waals surface area (Å²) in [6.45, 7) is 9.33. The number of hydrogen-bond donors (Lipinski definition) is 2. The lowest BCUT2D eigenvalue weighted by Gasteiger charge is -2.09. The fraction of sp³-hybridized carbons (Fsp3) is 0.238. The van der Waals surface area contributed by atoms with E-state index in [0.717, 1.165) is 24.8 Å². The maximum atomic E-state index is 14.7. The van der Waals surface area contributed by atoms with E-state index < -0.39 is 11.5 Å². The summed E-state index contributed by atoms with van der Waals surface area (Å²) in [7, 11) is 0. The summed E-state index contributed by atoms with van der Waals surface area (Å²) in [6.07, 6.45) is 5.57. The standard InChI is InChI=1S/C21H22ClFN4O/c1-4-13(3)27-11-15-10-18(25-20(15)26-21(27)28)16-8-14(7-5-6-12(2)24)9-17(22)19(16)23/h4,8-12H,1,3,5-7,24H2,2H3,(H,25,26,28)/t12-/m0/s1. The van der Waals surface area contributed by atoms with Gasteiger partial charge in [0.25, 0.3) is 0 Å². The van der Waals surface area contributed by atoms with Crippen molar-refractivity contribution in [3.63, 3.8) is 0 Å². The van der Waals surface area contributed by atoms with Gasteiger partial charge >= 0.3 is 5.69 Å². The van der Waals surface area contributed by atoms with Crippen LogP contribution >= 0.6 is 11.6 Å². The van der Waals surface area contributed by atoms with E-state index >= 15 is 0 Å². The third-order valence-corrected chi connectivity index (χ3v) is 4.83. The number of aromatic amines is 1. The first-order chi connectivity index (χ1) is 13.3. The first-order valence-corrected chi connectivity index (χ1v) is 9.36. The van der Waals surface area contributed by atoms with E-state index in [1.54, 1.807) is 24.4 Å². The Morgan fingerprint density at radius 1 is 1.46 bits per heavy atom. The smallest absolute Gasteiger partial charge is 0.339 e. The van der Waals surface area contributed by atoms with Crippen LogP contribution in [0.4, 0.5) is 4.39 Å². The molecule has 0 bridgehead atoms. The van der Waals surface area contributed by atoms with Gasteiger partial charge < -0.3 is 10.7 Å². The summed E-state index contributed by atoms with van der Waals surface area (Å²) < 4.78 is 16.0. The van der Waals surface area contributed by atoms with Gasteiger partial charge in [0, 0.05) is 28.9 Å². The Bertz CT molecular complexity index is 1110. The van der Waals surface area contributed by atoms with E-state index in [2.05, 4.69) is 23.1 Å². The van der Waals surface area contributed by atoms with Crippen LogP contribution in [-0.2, 0) is 6.42 Å². The van der Waals surface area contributed by atoms with Crippen LogP contribution in [0.5, 0.6) is 0 Å². The number of benzene rings is 1. The van der Waals surface area contributed by atoms with Crippen molar-refractivity contribution in [1.29, 1.82) is 0 Å². The Morgan fingerprint density at radius 3 is 2.89 bits per heavy atom. The second kappa shape index (κ2) is 8.12. The van der Waals surface area contributed by atoms with Crippen molar-refractivity contribution in [2.24, 2.45) is 5.73 Å². The zero-order chi connectivity index (χ0) is 20.4. The van der Waals surface area contributed by atoms with E-state index in [1.807, 2.05) is 6.92 Å². The predicted molar refractivity (Wildman–Crippen MR) is 113 cm³/mol. The number of nitrogens with zero attached hydrogens (tertiary/aromatic N) is 2. The predicted octanol–water partition coefficient (Wildman–Crippen LogP) is 4.51. The fourth-order valence-electron chi connectivity index (χ4n) is 3.06. The monoisotopic (exact) mass is 400 g/mol. The molecule has 2 heterocycles. The summed E-state index contributed by atoms with van der Waals surface area (Å²) >= 11 is 6.11. The molecule has 3 N–H and O–H groups in total. The summed E-state index contributed by atoms with van der Waals surface area (Å²) in [5, 5.41) is 0.704. The highest BCUT2D eigenvalue weighted by atomic mass is 35.5. The van der Waals surface area contributed by atoms with Gasteiger partial charge in [0.1, 0.15) is 5.65 Å². The highest BCUT2D eigenvalue weighted by Gasteiger charge is 2.15. The van der Waals surface area contributed by atoms with Crippen LogP contribution < -0.4 is 11.4 Å². The molecule has 0 fully saturated rings.